The summed E-state index contributed by atoms with van der Waals surface area (Å²) in [6.45, 7) is 1.94. The first-order valence-corrected chi connectivity index (χ1v) is 10.2. The number of hydrogen-bond donors (Lipinski definition) is 0. The Balaban J connectivity index is 1.76. The lowest BCUT2D eigenvalue weighted by Gasteiger charge is -2.36. The molecule has 1 heterocycles. The number of carbonyl (C=O) groups is 1. The van der Waals surface area contributed by atoms with Gasteiger partial charge in [-0.2, -0.15) is 9.57 Å². The fourth-order valence-corrected chi connectivity index (χ4v) is 4.49. The van der Waals surface area contributed by atoms with Crippen LogP contribution in [0.15, 0.2) is 47.4 Å². The van der Waals surface area contributed by atoms with E-state index >= 15 is 0 Å². The largest absolute Gasteiger partial charge is 0.334 e. The number of carbonyl (C=O) groups excluding carboxylic acids is 1. The van der Waals surface area contributed by atoms with Crippen LogP contribution in [0.3, 0.4) is 0 Å². The molecule has 0 saturated heterocycles. The Hall–Kier alpha value is -2.76. The van der Waals surface area contributed by atoms with Gasteiger partial charge in [-0.05, 0) is 60.9 Å². The Morgan fingerprint density at radius 2 is 1.96 bits per heavy atom. The molecule has 28 heavy (non-hydrogen) atoms. The van der Waals surface area contributed by atoms with Crippen molar-refractivity contribution in [2.45, 2.75) is 24.3 Å². The third-order valence-electron chi connectivity index (χ3n) is 5.02. The molecule has 0 N–H and O–H groups in total. The second-order valence-corrected chi connectivity index (χ2v) is 8.80. The van der Waals surface area contributed by atoms with E-state index in [4.69, 9.17) is 5.26 Å². The van der Waals surface area contributed by atoms with Crippen molar-refractivity contribution in [1.29, 1.82) is 5.26 Å². The van der Waals surface area contributed by atoms with Crippen molar-refractivity contribution in [3.8, 4) is 6.07 Å². The van der Waals surface area contributed by atoms with Gasteiger partial charge in [-0.25, -0.2) is 12.8 Å². The molecule has 0 fully saturated rings. The van der Waals surface area contributed by atoms with Gasteiger partial charge in [0.25, 0.3) is 0 Å². The number of benzene rings is 2. The van der Waals surface area contributed by atoms with E-state index in [1.54, 1.807) is 11.0 Å². The molecule has 2 aromatic rings. The summed E-state index contributed by atoms with van der Waals surface area (Å²) >= 11 is 0. The number of hydrogen-bond acceptors (Lipinski definition) is 4. The molecule has 1 aliphatic rings. The van der Waals surface area contributed by atoms with Crippen LogP contribution in [0.1, 0.15) is 29.7 Å². The van der Waals surface area contributed by atoms with E-state index in [1.807, 2.05) is 13.0 Å². The SMILES string of the molecule is CC1c2cc(F)ccc2CCN1C(=O)CN(C)S(=O)(=O)c1ccc(C#N)cc1. The molecule has 1 atom stereocenters. The summed E-state index contributed by atoms with van der Waals surface area (Å²) in [5.41, 5.74) is 2.10. The average Bonchev–Trinajstić information content (AvgIpc) is 2.68. The van der Waals surface area contributed by atoms with E-state index in [2.05, 4.69) is 0 Å². The minimum Gasteiger partial charge on any atom is -0.334 e. The molecule has 8 heteroatoms. The summed E-state index contributed by atoms with van der Waals surface area (Å²) in [5.74, 6) is -0.706. The molecule has 1 unspecified atom stereocenters. The summed E-state index contributed by atoms with van der Waals surface area (Å²) < 4.78 is 40.0. The summed E-state index contributed by atoms with van der Waals surface area (Å²) in [7, 11) is -2.53. The van der Waals surface area contributed by atoms with Gasteiger partial charge in [0.15, 0.2) is 0 Å². The maximum absolute atomic E-state index is 13.6. The highest BCUT2D eigenvalue weighted by molar-refractivity contribution is 7.89. The van der Waals surface area contributed by atoms with Crippen molar-refractivity contribution in [2.75, 3.05) is 20.1 Å². The van der Waals surface area contributed by atoms with Gasteiger partial charge in [-0.3, -0.25) is 4.79 Å². The van der Waals surface area contributed by atoms with Crippen LogP contribution in [0, 0.1) is 17.1 Å². The Morgan fingerprint density at radius 1 is 1.29 bits per heavy atom. The van der Waals surface area contributed by atoms with Gasteiger partial charge in [-0.15, -0.1) is 0 Å². The van der Waals surface area contributed by atoms with Crippen molar-refractivity contribution < 1.29 is 17.6 Å². The third-order valence-corrected chi connectivity index (χ3v) is 6.84. The first-order chi connectivity index (χ1) is 13.2. The van der Waals surface area contributed by atoms with Crippen LogP contribution in [0.2, 0.25) is 0 Å². The Labute approximate surface area is 163 Å². The summed E-state index contributed by atoms with van der Waals surface area (Å²) in [6, 6.07) is 11.7. The van der Waals surface area contributed by atoms with Gasteiger partial charge in [-0.1, -0.05) is 6.07 Å². The summed E-state index contributed by atoms with van der Waals surface area (Å²) in [5, 5.41) is 8.83. The molecule has 1 amide bonds. The molecule has 0 radical (unpaired) electrons. The van der Waals surface area contributed by atoms with E-state index in [1.165, 1.54) is 43.4 Å². The highest BCUT2D eigenvalue weighted by Crippen LogP contribution is 2.30. The third kappa shape index (κ3) is 3.77. The van der Waals surface area contributed by atoms with Crippen molar-refractivity contribution in [3.63, 3.8) is 0 Å². The molecular weight excluding hydrogens is 381 g/mol. The van der Waals surface area contributed by atoms with Crippen molar-refractivity contribution in [3.05, 3.63) is 65.0 Å². The number of sulfonamides is 1. The van der Waals surface area contributed by atoms with Crippen LogP contribution in [0.4, 0.5) is 4.39 Å². The summed E-state index contributed by atoms with van der Waals surface area (Å²) in [4.78, 5) is 14.4. The minimum atomic E-state index is -3.87. The number of nitriles is 1. The number of nitrogens with zero attached hydrogens (tertiary/aromatic N) is 3. The molecule has 0 bridgehead atoms. The first-order valence-electron chi connectivity index (χ1n) is 8.78. The summed E-state index contributed by atoms with van der Waals surface area (Å²) in [6.07, 6.45) is 0.595. The lowest BCUT2D eigenvalue weighted by atomic mass is 9.93. The molecule has 146 valence electrons. The highest BCUT2D eigenvalue weighted by Gasteiger charge is 2.31. The Kier molecular flexibility index (Phi) is 5.49. The minimum absolute atomic E-state index is 0.0147. The standard InChI is InChI=1S/C20H20FN3O3S/c1-14-19-11-17(21)6-5-16(19)9-10-24(14)20(25)13-23(2)28(26,27)18-7-3-15(12-22)4-8-18/h3-8,11,14H,9-10,13H2,1-2H3. The lowest BCUT2D eigenvalue weighted by Crippen LogP contribution is -2.45. The predicted molar refractivity (Wildman–Crippen MR) is 101 cm³/mol. The fourth-order valence-electron chi connectivity index (χ4n) is 3.37. The van der Waals surface area contributed by atoms with Crippen LogP contribution in [-0.4, -0.2) is 43.7 Å². The van der Waals surface area contributed by atoms with Crippen LogP contribution < -0.4 is 0 Å². The zero-order valence-electron chi connectivity index (χ0n) is 15.6. The monoisotopic (exact) mass is 401 g/mol. The van der Waals surface area contributed by atoms with E-state index in [0.29, 0.717) is 18.5 Å². The maximum atomic E-state index is 13.6. The van der Waals surface area contributed by atoms with Crippen LogP contribution in [0.25, 0.3) is 0 Å². The van der Waals surface area contributed by atoms with Gasteiger partial charge in [0.1, 0.15) is 5.82 Å². The maximum Gasteiger partial charge on any atom is 0.243 e. The number of amides is 1. The Bertz CT molecular complexity index is 1050. The molecule has 0 aromatic heterocycles. The molecule has 6 nitrogen and oxygen atoms in total. The van der Waals surface area contributed by atoms with Crippen molar-refractivity contribution in [2.24, 2.45) is 0 Å². The lowest BCUT2D eigenvalue weighted by molar-refractivity contribution is -0.133. The predicted octanol–water partition coefficient (Wildman–Crippen LogP) is 2.46. The van der Waals surface area contributed by atoms with Gasteiger partial charge in [0.2, 0.25) is 15.9 Å². The zero-order chi connectivity index (χ0) is 20.5. The molecule has 3 rings (SSSR count). The Morgan fingerprint density at radius 3 is 2.61 bits per heavy atom. The second kappa shape index (κ2) is 7.70. The zero-order valence-corrected chi connectivity index (χ0v) is 16.4. The van der Waals surface area contributed by atoms with Gasteiger partial charge in [0, 0.05) is 13.6 Å². The van der Waals surface area contributed by atoms with Gasteiger partial charge >= 0.3 is 0 Å². The molecule has 1 aliphatic heterocycles. The number of rotatable bonds is 4. The van der Waals surface area contributed by atoms with E-state index in [0.717, 1.165) is 15.4 Å². The van der Waals surface area contributed by atoms with Crippen LogP contribution in [-0.2, 0) is 21.2 Å². The number of halogens is 1. The fraction of sp³-hybridized carbons (Fsp3) is 0.300. The smallest absolute Gasteiger partial charge is 0.243 e. The van der Waals surface area contributed by atoms with Crippen LogP contribution in [0.5, 0.6) is 0 Å². The first kappa shape index (κ1) is 20.0. The van der Waals surface area contributed by atoms with Crippen LogP contribution >= 0.6 is 0 Å². The molecule has 0 aliphatic carbocycles. The van der Waals surface area contributed by atoms with E-state index in [9.17, 15) is 17.6 Å². The highest BCUT2D eigenvalue weighted by atomic mass is 32.2. The molecular formula is C20H20FN3O3S. The number of fused-ring (bicyclic) bond motifs is 1. The molecule has 0 spiro atoms. The quantitative estimate of drug-likeness (QED) is 0.788. The van der Waals surface area contributed by atoms with Gasteiger partial charge in [0.05, 0.1) is 29.1 Å². The molecule has 0 saturated carbocycles. The van der Waals surface area contributed by atoms with Gasteiger partial charge < -0.3 is 4.90 Å². The normalized spacial score (nSPS) is 16.5. The van der Waals surface area contributed by atoms with E-state index in [-0.39, 0.29) is 29.2 Å². The second-order valence-electron chi connectivity index (χ2n) is 6.75. The molecule has 2 aromatic carbocycles. The van der Waals surface area contributed by atoms with E-state index < -0.39 is 10.0 Å². The average molecular weight is 401 g/mol. The van der Waals surface area contributed by atoms with Crippen molar-refractivity contribution in [1.82, 2.24) is 9.21 Å². The number of likely N-dealkylation sites (N-methyl/N-ethyl adjacent to an activating group) is 1. The topological polar surface area (TPSA) is 81.5 Å². The van der Waals surface area contributed by atoms with Crippen molar-refractivity contribution >= 4 is 15.9 Å².